The maximum atomic E-state index is 11.0. The largest absolute Gasteiger partial charge is 0.478 e. The molecule has 1 saturated heterocycles. The van der Waals surface area contributed by atoms with E-state index in [1.165, 1.54) is 7.05 Å². The van der Waals surface area contributed by atoms with Crippen LogP contribution in [0.15, 0.2) is 0 Å². The first-order chi connectivity index (χ1) is 6.54. The fourth-order valence-corrected chi connectivity index (χ4v) is 1.21. The molecule has 0 aromatic heterocycles. The van der Waals surface area contributed by atoms with E-state index in [-0.39, 0.29) is 6.61 Å². The Labute approximate surface area is 81.8 Å². The first-order valence-corrected chi connectivity index (χ1v) is 4.18. The Hall–Kier alpha value is -0.730. The van der Waals surface area contributed by atoms with Gasteiger partial charge in [0, 0.05) is 0 Å². The summed E-state index contributed by atoms with van der Waals surface area (Å²) in [7, 11) is 4.70. The molecule has 1 rings (SSSR count). The normalized spacial score (nSPS) is 30.5. The molecular formula is C7H15N3O4. The van der Waals surface area contributed by atoms with Crippen molar-refractivity contribution in [2.24, 2.45) is 0 Å². The third kappa shape index (κ3) is 1.60. The number of rotatable bonds is 4. The van der Waals surface area contributed by atoms with Crippen molar-refractivity contribution in [3.05, 3.63) is 0 Å². The van der Waals surface area contributed by atoms with Crippen molar-refractivity contribution in [3.63, 3.8) is 0 Å². The van der Waals surface area contributed by atoms with E-state index in [1.807, 2.05) is 0 Å². The highest BCUT2D eigenvalue weighted by molar-refractivity contribution is 5.77. The van der Waals surface area contributed by atoms with Gasteiger partial charge in [0.25, 0.3) is 6.03 Å². The van der Waals surface area contributed by atoms with Gasteiger partial charge >= 0.3 is 5.97 Å². The molecule has 4 N–H and O–H groups in total. The van der Waals surface area contributed by atoms with Gasteiger partial charge in [-0.15, -0.1) is 0 Å². The van der Waals surface area contributed by atoms with E-state index >= 15 is 0 Å². The van der Waals surface area contributed by atoms with Crippen molar-refractivity contribution in [1.29, 1.82) is 0 Å². The van der Waals surface area contributed by atoms with E-state index in [0.717, 1.165) is 0 Å². The molecule has 0 unspecified atom stereocenters. The number of carboxylic acid groups (broad SMARTS) is 1. The molecule has 0 radical (unpaired) electrons. The summed E-state index contributed by atoms with van der Waals surface area (Å²) >= 11 is 0. The summed E-state index contributed by atoms with van der Waals surface area (Å²) in [5.74, 6) is -1.12. The van der Waals surface area contributed by atoms with Gasteiger partial charge in [-0.2, -0.15) is 0 Å². The van der Waals surface area contributed by atoms with Crippen LogP contribution in [0.4, 0.5) is 0 Å². The van der Waals surface area contributed by atoms with Gasteiger partial charge in [0.05, 0.1) is 0 Å². The molecule has 0 amide bonds. The number of nitrogens with one attached hydrogen (secondary N) is 3. The molecular weight excluding hydrogens is 190 g/mol. The van der Waals surface area contributed by atoms with Gasteiger partial charge in [-0.3, -0.25) is 20.7 Å². The lowest BCUT2D eigenvalue weighted by molar-refractivity contribution is -0.231. The Morgan fingerprint density at radius 2 is 1.86 bits per heavy atom. The van der Waals surface area contributed by atoms with Gasteiger partial charge in [-0.25, -0.2) is 4.79 Å². The second kappa shape index (κ2) is 3.79. The number of hydrogen-bond donors (Lipinski definition) is 4. The SMILES string of the molecule is CNC1(NC)OC[C@@](NC)(C(=O)O)O1. The number of hydrogen-bond acceptors (Lipinski definition) is 6. The third-order valence-electron chi connectivity index (χ3n) is 2.20. The van der Waals surface area contributed by atoms with Crippen LogP contribution < -0.4 is 16.0 Å². The van der Waals surface area contributed by atoms with Crippen molar-refractivity contribution < 1.29 is 19.4 Å². The fraction of sp³-hybridized carbons (Fsp3) is 0.857. The minimum atomic E-state index is -1.51. The van der Waals surface area contributed by atoms with Crippen LogP contribution in [0.1, 0.15) is 0 Å². The lowest BCUT2D eigenvalue weighted by Gasteiger charge is -2.28. The van der Waals surface area contributed by atoms with E-state index in [9.17, 15) is 4.79 Å². The van der Waals surface area contributed by atoms with Crippen molar-refractivity contribution >= 4 is 5.97 Å². The van der Waals surface area contributed by atoms with E-state index in [0.29, 0.717) is 0 Å². The molecule has 7 nitrogen and oxygen atoms in total. The first-order valence-electron chi connectivity index (χ1n) is 4.18. The Morgan fingerprint density at radius 3 is 2.07 bits per heavy atom. The zero-order valence-electron chi connectivity index (χ0n) is 8.38. The van der Waals surface area contributed by atoms with Crippen LogP contribution in [0.25, 0.3) is 0 Å². The number of aliphatic carboxylic acids is 1. The zero-order valence-corrected chi connectivity index (χ0v) is 8.38. The van der Waals surface area contributed by atoms with Crippen LogP contribution in [0.5, 0.6) is 0 Å². The van der Waals surface area contributed by atoms with Gasteiger partial charge in [-0.1, -0.05) is 0 Å². The smallest absolute Gasteiger partial charge is 0.354 e. The standard InChI is InChI=1S/C7H15N3O4/c1-8-6(5(11)12)4-13-7(9-2,10-3)14-6/h8-10H,4H2,1-3H3,(H,11,12)/t6-/m0/s1. The second-order valence-corrected chi connectivity index (χ2v) is 2.89. The predicted molar refractivity (Wildman–Crippen MR) is 47.3 cm³/mol. The summed E-state index contributed by atoms with van der Waals surface area (Å²) in [5.41, 5.74) is -1.51. The molecule has 0 bridgehead atoms. The summed E-state index contributed by atoms with van der Waals surface area (Å²) in [6.07, 6.45) is 0. The average molecular weight is 205 g/mol. The van der Waals surface area contributed by atoms with Crippen molar-refractivity contribution in [3.8, 4) is 0 Å². The summed E-state index contributed by atoms with van der Waals surface area (Å²) in [4.78, 5) is 11.0. The van der Waals surface area contributed by atoms with Crippen LogP contribution in [-0.2, 0) is 14.3 Å². The quantitative estimate of drug-likeness (QED) is 0.398. The molecule has 1 heterocycles. The van der Waals surface area contributed by atoms with Crippen LogP contribution in [-0.4, -0.2) is 50.6 Å². The molecule has 0 aliphatic carbocycles. The maximum Gasteiger partial charge on any atom is 0.354 e. The van der Waals surface area contributed by atoms with E-state index in [4.69, 9.17) is 14.6 Å². The van der Waals surface area contributed by atoms with E-state index < -0.39 is 17.7 Å². The van der Waals surface area contributed by atoms with Gasteiger partial charge < -0.3 is 9.84 Å². The highest BCUT2D eigenvalue weighted by Gasteiger charge is 2.54. The van der Waals surface area contributed by atoms with Gasteiger partial charge in [0.2, 0.25) is 5.72 Å². The molecule has 1 fully saturated rings. The minimum Gasteiger partial charge on any atom is -0.478 e. The Kier molecular flexibility index (Phi) is 3.07. The van der Waals surface area contributed by atoms with Crippen LogP contribution in [0.2, 0.25) is 0 Å². The lowest BCUT2D eigenvalue weighted by atomic mass is 10.2. The number of ether oxygens (including phenoxy) is 2. The second-order valence-electron chi connectivity index (χ2n) is 2.89. The molecule has 0 spiro atoms. The van der Waals surface area contributed by atoms with Crippen LogP contribution >= 0.6 is 0 Å². The van der Waals surface area contributed by atoms with Crippen molar-refractivity contribution in [2.45, 2.75) is 11.8 Å². The molecule has 0 aromatic carbocycles. The zero-order chi connectivity index (χ0) is 10.8. The van der Waals surface area contributed by atoms with E-state index in [2.05, 4.69) is 16.0 Å². The first kappa shape index (κ1) is 11.3. The fourth-order valence-electron chi connectivity index (χ4n) is 1.21. The van der Waals surface area contributed by atoms with Crippen molar-refractivity contribution in [1.82, 2.24) is 16.0 Å². The molecule has 1 atom stereocenters. The average Bonchev–Trinajstić information content (AvgIpc) is 2.59. The van der Waals surface area contributed by atoms with Gasteiger partial charge in [0.15, 0.2) is 0 Å². The Balaban J connectivity index is 2.84. The van der Waals surface area contributed by atoms with Crippen molar-refractivity contribution in [2.75, 3.05) is 27.7 Å². The van der Waals surface area contributed by atoms with Gasteiger partial charge in [-0.05, 0) is 21.1 Å². The summed E-state index contributed by atoms with van der Waals surface area (Å²) < 4.78 is 10.5. The molecule has 7 heteroatoms. The highest BCUT2D eigenvalue weighted by Crippen LogP contribution is 2.25. The number of carboxylic acids is 1. The number of likely N-dealkylation sites (N-methyl/N-ethyl adjacent to an activating group) is 1. The van der Waals surface area contributed by atoms with E-state index in [1.54, 1.807) is 14.1 Å². The Morgan fingerprint density at radius 1 is 1.29 bits per heavy atom. The lowest BCUT2D eigenvalue weighted by Crippen LogP contribution is -2.60. The van der Waals surface area contributed by atoms with Crippen LogP contribution in [0.3, 0.4) is 0 Å². The molecule has 1 aliphatic rings. The van der Waals surface area contributed by atoms with Crippen LogP contribution in [0, 0.1) is 0 Å². The topological polar surface area (TPSA) is 91.9 Å². The molecule has 14 heavy (non-hydrogen) atoms. The van der Waals surface area contributed by atoms with Gasteiger partial charge in [0.1, 0.15) is 6.61 Å². The monoisotopic (exact) mass is 205 g/mol. The Bertz CT molecular complexity index is 231. The molecule has 1 aliphatic heterocycles. The highest BCUT2D eigenvalue weighted by atomic mass is 16.8. The minimum absolute atomic E-state index is 0.0828. The molecule has 0 saturated carbocycles. The molecule has 0 aromatic rings. The summed E-state index contributed by atoms with van der Waals surface area (Å²) in [5, 5.41) is 17.0. The summed E-state index contributed by atoms with van der Waals surface area (Å²) in [6.45, 7) is -0.0828. The summed E-state index contributed by atoms with van der Waals surface area (Å²) in [6, 6.07) is -1.25. The molecule has 82 valence electrons. The number of carbonyl (C=O) groups is 1. The third-order valence-corrected chi connectivity index (χ3v) is 2.20. The predicted octanol–water partition coefficient (Wildman–Crippen LogP) is -1.92. The maximum absolute atomic E-state index is 11.0.